The zero-order valence-corrected chi connectivity index (χ0v) is 20.0. The summed E-state index contributed by atoms with van der Waals surface area (Å²) in [6.45, 7) is 6.42. The van der Waals surface area contributed by atoms with Crippen molar-refractivity contribution in [1.29, 1.82) is 0 Å². The van der Waals surface area contributed by atoms with E-state index in [-0.39, 0.29) is 15.8 Å². The second-order valence-electron chi connectivity index (χ2n) is 7.51. The molecular weight excluding hydrogens is 436 g/mol. The van der Waals surface area contributed by atoms with Gasteiger partial charge in [-0.15, -0.1) is 0 Å². The number of hydrogen-bond donors (Lipinski definition) is 0. The first-order valence-corrected chi connectivity index (χ1v) is 12.8. The Morgan fingerprint density at radius 3 is 1.09 bits per heavy atom. The van der Waals surface area contributed by atoms with Gasteiger partial charge >= 0.3 is 0 Å². The maximum atomic E-state index is 10.3. The topological polar surface area (TPSA) is 57.2 Å². The lowest BCUT2D eigenvalue weighted by molar-refractivity contribution is 0.463. The third kappa shape index (κ3) is 6.57. The van der Waals surface area contributed by atoms with Crippen molar-refractivity contribution in [3.8, 4) is 0 Å². The highest BCUT2D eigenvalue weighted by atomic mass is 32.2. The molecule has 0 amide bonds. The first kappa shape index (κ1) is 23.8. The van der Waals surface area contributed by atoms with Crippen LogP contribution in [0.2, 0.25) is 0 Å². The summed E-state index contributed by atoms with van der Waals surface area (Å²) in [5.41, 5.74) is 3.92. The third-order valence-corrected chi connectivity index (χ3v) is 7.88. The van der Waals surface area contributed by atoms with E-state index < -0.39 is 10.1 Å². The number of rotatable bonds is 4. The van der Waals surface area contributed by atoms with Crippen LogP contribution in [0.15, 0.2) is 123 Å². The molecule has 0 fully saturated rings. The number of benzene rings is 4. The van der Waals surface area contributed by atoms with Crippen molar-refractivity contribution in [3.63, 3.8) is 0 Å². The molecule has 0 atom stereocenters. The van der Waals surface area contributed by atoms with E-state index in [1.165, 1.54) is 55.6 Å². The van der Waals surface area contributed by atoms with Gasteiger partial charge in [-0.05, 0) is 69.3 Å². The number of aryl methyl sites for hydroxylation is 3. The van der Waals surface area contributed by atoms with Crippen LogP contribution in [0.5, 0.6) is 0 Å². The summed E-state index contributed by atoms with van der Waals surface area (Å²) in [7, 11) is -4.29. The van der Waals surface area contributed by atoms with Crippen LogP contribution in [0.4, 0.5) is 0 Å². The molecule has 0 saturated carbocycles. The molecule has 32 heavy (non-hydrogen) atoms. The lowest BCUT2D eigenvalue weighted by atomic mass is 10.2. The Hall–Kier alpha value is -2.86. The van der Waals surface area contributed by atoms with E-state index >= 15 is 0 Å². The van der Waals surface area contributed by atoms with E-state index in [0.717, 1.165) is 0 Å². The van der Waals surface area contributed by atoms with Crippen LogP contribution in [0.3, 0.4) is 0 Å². The second-order valence-corrected chi connectivity index (χ2v) is 10.9. The summed E-state index contributed by atoms with van der Waals surface area (Å²) in [5.74, 6) is 0. The van der Waals surface area contributed by atoms with Gasteiger partial charge in [-0.1, -0.05) is 71.3 Å². The summed E-state index contributed by atoms with van der Waals surface area (Å²) < 4.78 is 30.8. The van der Waals surface area contributed by atoms with Gasteiger partial charge in [-0.2, -0.15) is 0 Å². The van der Waals surface area contributed by atoms with Crippen molar-refractivity contribution in [2.75, 3.05) is 0 Å². The van der Waals surface area contributed by atoms with Crippen molar-refractivity contribution in [2.24, 2.45) is 0 Å². The van der Waals surface area contributed by atoms with E-state index in [0.29, 0.717) is 0 Å². The Morgan fingerprint density at radius 1 is 0.531 bits per heavy atom. The molecule has 0 unspecified atom stereocenters. The quantitative estimate of drug-likeness (QED) is 0.264. The highest BCUT2D eigenvalue weighted by molar-refractivity contribution is 7.97. The van der Waals surface area contributed by atoms with Gasteiger partial charge in [0.25, 0.3) is 0 Å². The van der Waals surface area contributed by atoms with Gasteiger partial charge in [0.2, 0.25) is 0 Å². The predicted molar refractivity (Wildman–Crippen MR) is 130 cm³/mol. The van der Waals surface area contributed by atoms with Crippen molar-refractivity contribution >= 4 is 21.0 Å². The van der Waals surface area contributed by atoms with E-state index in [1.807, 2.05) is 0 Å². The smallest absolute Gasteiger partial charge is 0.166 e. The van der Waals surface area contributed by atoms with Crippen molar-refractivity contribution in [1.82, 2.24) is 0 Å². The summed E-state index contributed by atoms with van der Waals surface area (Å²) in [5, 5.41) is 0. The average Bonchev–Trinajstić information content (AvgIpc) is 2.78. The maximum Gasteiger partial charge on any atom is 0.166 e. The van der Waals surface area contributed by atoms with Crippen LogP contribution in [0.1, 0.15) is 16.7 Å². The highest BCUT2D eigenvalue weighted by Crippen LogP contribution is 2.31. The second kappa shape index (κ2) is 10.6. The van der Waals surface area contributed by atoms with Crippen molar-refractivity contribution < 1.29 is 13.0 Å². The van der Waals surface area contributed by atoms with Gasteiger partial charge < -0.3 is 4.55 Å². The molecule has 0 aliphatic rings. The lowest BCUT2D eigenvalue weighted by Gasteiger charge is -2.09. The summed E-state index contributed by atoms with van der Waals surface area (Å²) >= 11 is 0. The molecule has 0 radical (unpaired) electrons. The maximum absolute atomic E-state index is 10.3. The van der Waals surface area contributed by atoms with Gasteiger partial charge in [-0.3, -0.25) is 0 Å². The SMILES string of the molecule is Cc1ccc([S+](c2ccc(C)cc2)c2ccc(C)cc2)cc1.O=S(=O)([O-])c1ccccc1. The average molecular weight is 463 g/mol. The Balaban J connectivity index is 0.000000243. The van der Waals surface area contributed by atoms with Gasteiger partial charge in [0.15, 0.2) is 14.7 Å². The molecule has 4 aromatic rings. The standard InChI is InChI=1S/C21H21S.C6H6O3S/c1-16-4-10-19(11-5-16)22(20-12-6-17(2)7-13-20)21-14-8-18(3)9-15-21;7-10(8,9)6-4-2-1-3-5-6/h4-15H,1-3H3;1-5H,(H,7,8,9)/q+1;/p-1. The molecule has 5 heteroatoms. The molecule has 0 heterocycles. The summed E-state index contributed by atoms with van der Waals surface area (Å²) in [6, 6.07) is 34.0. The molecule has 0 aliphatic heterocycles. The molecule has 4 rings (SSSR count). The molecule has 4 aromatic carbocycles. The minimum absolute atomic E-state index is 0.0394. The molecule has 0 spiro atoms. The molecule has 0 saturated heterocycles. The lowest BCUT2D eigenvalue weighted by Crippen LogP contribution is -2.04. The third-order valence-electron chi connectivity index (χ3n) is 4.80. The van der Waals surface area contributed by atoms with E-state index in [4.69, 9.17) is 0 Å². The van der Waals surface area contributed by atoms with E-state index in [1.54, 1.807) is 6.07 Å². The first-order chi connectivity index (χ1) is 15.2. The molecule has 0 bridgehead atoms. The fourth-order valence-electron chi connectivity index (χ4n) is 3.02. The zero-order valence-electron chi connectivity index (χ0n) is 18.4. The highest BCUT2D eigenvalue weighted by Gasteiger charge is 2.28. The molecule has 3 nitrogen and oxygen atoms in total. The van der Waals surface area contributed by atoms with Gasteiger partial charge in [0, 0.05) is 0 Å². The van der Waals surface area contributed by atoms with Crippen molar-refractivity contribution in [3.05, 3.63) is 120 Å². The Labute approximate surface area is 193 Å². The molecule has 0 aliphatic carbocycles. The largest absolute Gasteiger partial charge is 0.744 e. The van der Waals surface area contributed by atoms with Crippen LogP contribution in [0, 0.1) is 20.8 Å². The van der Waals surface area contributed by atoms with E-state index in [2.05, 4.69) is 93.6 Å². The number of hydrogen-bond acceptors (Lipinski definition) is 3. The first-order valence-electron chi connectivity index (χ1n) is 10.2. The molecular formula is C27H26O3S2. The minimum atomic E-state index is -4.25. The molecule has 164 valence electrons. The van der Waals surface area contributed by atoms with Crippen LogP contribution in [-0.4, -0.2) is 13.0 Å². The molecule has 0 aromatic heterocycles. The summed E-state index contributed by atoms with van der Waals surface area (Å²) in [6.07, 6.45) is 0. The predicted octanol–water partition coefficient (Wildman–Crippen LogP) is 6.30. The Morgan fingerprint density at radius 2 is 0.844 bits per heavy atom. The molecule has 0 N–H and O–H groups in total. The Kier molecular flexibility index (Phi) is 7.91. The van der Waals surface area contributed by atoms with Gasteiger partial charge in [0.05, 0.1) is 15.8 Å². The van der Waals surface area contributed by atoms with Crippen molar-refractivity contribution in [2.45, 2.75) is 40.4 Å². The normalized spacial score (nSPS) is 11.0. The fourth-order valence-corrected chi connectivity index (χ4v) is 5.55. The Bertz CT molecular complexity index is 1120. The monoisotopic (exact) mass is 462 g/mol. The van der Waals surface area contributed by atoms with Crippen LogP contribution < -0.4 is 0 Å². The van der Waals surface area contributed by atoms with E-state index in [9.17, 15) is 13.0 Å². The minimum Gasteiger partial charge on any atom is -0.744 e. The van der Waals surface area contributed by atoms with Crippen LogP contribution in [-0.2, 0) is 21.0 Å². The van der Waals surface area contributed by atoms with Crippen LogP contribution >= 0.6 is 0 Å². The fraction of sp³-hybridized carbons (Fsp3) is 0.111. The van der Waals surface area contributed by atoms with Gasteiger partial charge in [-0.25, -0.2) is 8.42 Å². The van der Waals surface area contributed by atoms with Crippen LogP contribution in [0.25, 0.3) is 0 Å². The van der Waals surface area contributed by atoms with Gasteiger partial charge in [0.1, 0.15) is 10.1 Å². The zero-order chi connectivity index (χ0) is 23.1. The summed E-state index contributed by atoms with van der Waals surface area (Å²) in [4.78, 5) is 3.94.